The molecule has 9 nitrogen and oxygen atoms in total. The molecule has 1 N–H and O–H groups in total. The molecular weight excluding hydrogens is 829 g/mol. The van der Waals surface area contributed by atoms with Crippen molar-refractivity contribution >= 4 is 41.1 Å². The maximum atomic E-state index is 13.1. The molecule has 0 saturated carbocycles. The molecule has 3 aliphatic rings. The first kappa shape index (κ1) is 48.5. The molecule has 0 spiro atoms. The van der Waals surface area contributed by atoms with E-state index in [0.29, 0.717) is 42.2 Å². The summed E-state index contributed by atoms with van der Waals surface area (Å²) in [6, 6.07) is 24.7. The first-order valence-corrected chi connectivity index (χ1v) is 23.2. The van der Waals surface area contributed by atoms with Crippen molar-refractivity contribution in [1.82, 2.24) is 9.62 Å². The van der Waals surface area contributed by atoms with Crippen LogP contribution < -0.4 is 15.1 Å². The predicted molar refractivity (Wildman–Crippen MR) is 233 cm³/mol. The largest absolute Gasteiger partial charge is 0.381 e. The molecule has 13 heteroatoms. The quantitative estimate of drug-likeness (QED) is 0.159. The Morgan fingerprint density at radius 3 is 1.25 bits per heavy atom. The van der Waals surface area contributed by atoms with Crippen molar-refractivity contribution in [3.05, 3.63) is 117 Å². The molecule has 3 aliphatic heterocycles. The second-order valence-electron chi connectivity index (χ2n) is 15.0. The van der Waals surface area contributed by atoms with Crippen LogP contribution in [0.4, 0.5) is 11.4 Å². The molecule has 3 saturated heterocycles. The van der Waals surface area contributed by atoms with E-state index < -0.39 is 19.1 Å². The molecule has 0 unspecified atom stereocenters. The Labute approximate surface area is 360 Å². The molecule has 0 atom stereocenters. The van der Waals surface area contributed by atoms with Crippen LogP contribution in [0.1, 0.15) is 57.3 Å². The third kappa shape index (κ3) is 14.4. The number of sulfonamides is 1. The van der Waals surface area contributed by atoms with Crippen LogP contribution in [0.3, 0.4) is 0 Å². The number of piperazine rings is 2. The summed E-state index contributed by atoms with van der Waals surface area (Å²) >= 11 is 0. The van der Waals surface area contributed by atoms with Crippen molar-refractivity contribution in [2.24, 2.45) is 0 Å². The van der Waals surface area contributed by atoms with Gasteiger partial charge in [-0.3, -0.25) is 0 Å². The topological polar surface area (TPSA) is 99.3 Å². The number of hydrogen-bond acceptors (Lipinski definition) is 8. The zero-order chi connectivity index (χ0) is 41.0. The third-order valence-electron chi connectivity index (χ3n) is 10.0. The third-order valence-corrected chi connectivity index (χ3v) is 13.8. The minimum atomic E-state index is -3.61. The van der Waals surface area contributed by atoms with E-state index in [1.165, 1.54) is 29.7 Å². The first-order chi connectivity index (χ1) is 26.5. The Morgan fingerprint density at radius 1 is 0.526 bits per heavy atom. The molecular formula is C44H61ClN4O5S2Zn. The van der Waals surface area contributed by atoms with Gasteiger partial charge in [0.05, 0.1) is 9.79 Å². The summed E-state index contributed by atoms with van der Waals surface area (Å²) in [4.78, 5) is 5.39. The number of nitrogens with zero attached hydrogens (tertiary/aromatic N) is 3. The van der Waals surface area contributed by atoms with E-state index in [-0.39, 0.29) is 24.4 Å². The van der Waals surface area contributed by atoms with Crippen molar-refractivity contribution in [3.63, 3.8) is 0 Å². The van der Waals surface area contributed by atoms with Crippen LogP contribution in [0.15, 0.2) is 82.6 Å². The Kier molecular flexibility index (Phi) is 19.2. The van der Waals surface area contributed by atoms with Gasteiger partial charge in [0.25, 0.3) is 9.05 Å². The fourth-order valence-corrected chi connectivity index (χ4v) is 10.8. The van der Waals surface area contributed by atoms with E-state index in [1.54, 1.807) is 18.2 Å². The number of anilines is 2. The Morgan fingerprint density at radius 2 is 0.895 bits per heavy atom. The van der Waals surface area contributed by atoms with Gasteiger partial charge < -0.3 is 19.9 Å². The van der Waals surface area contributed by atoms with Gasteiger partial charge >= 0.3 is 0 Å². The molecule has 308 valence electrons. The van der Waals surface area contributed by atoms with E-state index in [2.05, 4.69) is 77.5 Å². The van der Waals surface area contributed by atoms with Crippen LogP contribution >= 0.6 is 10.7 Å². The number of aryl methyl sites for hydroxylation is 8. The number of benzene rings is 4. The SMILES string of the molecule is C1CCOC1.Cc1cc(C)c(S(=O)(=O)Cl)c(C)c1.Cc1ccc(N2CCN(S(=O)(=O)c3c(C)cc(C)cc3C)CC2)cc1.Cc1ccc(N2CCNCC2)cc1.[Zn]. The van der Waals surface area contributed by atoms with E-state index in [0.717, 1.165) is 67.3 Å². The molecule has 4 aromatic rings. The number of ether oxygens (including phenoxy) is 1. The Balaban J connectivity index is 0.000000229. The summed E-state index contributed by atoms with van der Waals surface area (Å²) < 4.78 is 55.1. The van der Waals surface area contributed by atoms with Gasteiger partial charge in [-0.1, -0.05) is 70.8 Å². The van der Waals surface area contributed by atoms with Gasteiger partial charge in [-0.25, -0.2) is 16.8 Å². The normalized spacial score (nSPS) is 15.9. The van der Waals surface area contributed by atoms with Crippen LogP contribution in [0, 0.1) is 55.4 Å². The molecule has 7 rings (SSSR count). The maximum absolute atomic E-state index is 13.1. The molecule has 3 heterocycles. The van der Waals surface area contributed by atoms with Crippen molar-refractivity contribution in [1.29, 1.82) is 0 Å². The minimum Gasteiger partial charge on any atom is -0.381 e. The zero-order valence-corrected chi connectivity index (χ0v) is 40.6. The predicted octanol–water partition coefficient (Wildman–Crippen LogP) is 8.17. The fraction of sp³-hybridized carbons (Fsp3) is 0.455. The number of halogens is 1. The minimum absolute atomic E-state index is 0. The van der Waals surface area contributed by atoms with Gasteiger partial charge in [0.1, 0.15) is 0 Å². The summed E-state index contributed by atoms with van der Waals surface area (Å²) in [5.74, 6) is 0. The summed E-state index contributed by atoms with van der Waals surface area (Å²) in [6.45, 7) is 24.3. The molecule has 0 radical (unpaired) electrons. The van der Waals surface area contributed by atoms with Crippen LogP contribution in [0.2, 0.25) is 0 Å². The van der Waals surface area contributed by atoms with Crippen LogP contribution in [0.25, 0.3) is 0 Å². The summed E-state index contributed by atoms with van der Waals surface area (Å²) in [5.41, 5.74) is 10.3. The van der Waals surface area contributed by atoms with Gasteiger partial charge in [0.2, 0.25) is 10.0 Å². The Hall–Kier alpha value is -2.83. The maximum Gasteiger partial charge on any atom is 0.261 e. The van der Waals surface area contributed by atoms with Crippen LogP contribution in [0.5, 0.6) is 0 Å². The second kappa shape index (κ2) is 22.5. The van der Waals surface area contributed by atoms with Gasteiger partial charge in [-0.05, 0) is 115 Å². The number of rotatable bonds is 5. The average molecular weight is 891 g/mol. The molecule has 0 bridgehead atoms. The van der Waals surface area contributed by atoms with Gasteiger partial charge in [0.15, 0.2) is 0 Å². The second-order valence-corrected chi connectivity index (χ2v) is 19.4. The van der Waals surface area contributed by atoms with Crippen LogP contribution in [-0.2, 0) is 43.3 Å². The van der Waals surface area contributed by atoms with Gasteiger partial charge in [-0.15, -0.1) is 0 Å². The summed E-state index contributed by atoms with van der Waals surface area (Å²) in [6.07, 6.45) is 2.56. The van der Waals surface area contributed by atoms with E-state index in [4.69, 9.17) is 15.4 Å². The van der Waals surface area contributed by atoms with Crippen molar-refractivity contribution in [2.45, 2.75) is 78.0 Å². The smallest absolute Gasteiger partial charge is 0.261 e. The molecule has 4 aromatic carbocycles. The average Bonchev–Trinajstić information content (AvgIpc) is 3.73. The molecule has 57 heavy (non-hydrogen) atoms. The first-order valence-electron chi connectivity index (χ1n) is 19.5. The van der Waals surface area contributed by atoms with Crippen molar-refractivity contribution in [2.75, 3.05) is 75.4 Å². The van der Waals surface area contributed by atoms with Gasteiger partial charge in [-0.2, -0.15) is 4.31 Å². The fourth-order valence-electron chi connectivity index (χ4n) is 7.39. The van der Waals surface area contributed by atoms with E-state index in [9.17, 15) is 16.8 Å². The molecule has 0 aliphatic carbocycles. The summed E-state index contributed by atoms with van der Waals surface area (Å²) in [7, 11) is -1.76. The zero-order valence-electron chi connectivity index (χ0n) is 35.2. The van der Waals surface area contributed by atoms with Gasteiger partial charge in [0, 0.05) is 107 Å². The molecule has 0 aromatic heterocycles. The molecule has 3 fully saturated rings. The Bertz CT molecular complexity index is 2040. The van der Waals surface area contributed by atoms with Crippen molar-refractivity contribution < 1.29 is 41.1 Å². The number of hydrogen-bond donors (Lipinski definition) is 1. The van der Waals surface area contributed by atoms with Crippen molar-refractivity contribution in [3.8, 4) is 0 Å². The van der Waals surface area contributed by atoms with Crippen LogP contribution in [-0.4, -0.2) is 86.7 Å². The number of nitrogens with one attached hydrogen (secondary N) is 1. The standard InChI is InChI=1S/C20H26N2O2S.C11H16N2.C9H11ClO2S.C4H8O.Zn/c1-15-5-7-19(8-6-15)21-9-11-22(12-10-21)25(23,24)20-17(3)13-16(2)14-18(20)4;1-10-2-4-11(5-3-10)13-8-6-12-7-9-13;1-6-4-7(2)9(8(3)5-6)13(10,11)12;1-2-4-5-3-1;/h5-8,13-14H,9-12H2,1-4H3;2-5,12H,6-9H2,1H3;4-5H,1-3H3;1-4H2;. The monoisotopic (exact) mass is 888 g/mol. The van der Waals surface area contributed by atoms with E-state index >= 15 is 0 Å². The van der Waals surface area contributed by atoms with E-state index in [1.807, 2.05) is 52.0 Å². The summed E-state index contributed by atoms with van der Waals surface area (Å²) in [5, 5.41) is 3.35. The molecule has 0 amide bonds.